The Kier molecular flexibility index (Phi) is 6.87. The summed E-state index contributed by atoms with van der Waals surface area (Å²) < 4.78 is 53.4. The Morgan fingerprint density at radius 1 is 0.933 bits per heavy atom. The second kappa shape index (κ2) is 9.57. The number of sulfone groups is 1. The average Bonchev–Trinajstić information content (AvgIpc) is 2.75. The zero-order valence-electron chi connectivity index (χ0n) is 15.5. The van der Waals surface area contributed by atoms with Gasteiger partial charge >= 0.3 is 0 Å². The van der Waals surface area contributed by atoms with Crippen LogP contribution in [0.5, 0.6) is 0 Å². The molecule has 0 unspecified atom stereocenters. The van der Waals surface area contributed by atoms with Gasteiger partial charge in [-0.2, -0.15) is 5.26 Å². The highest BCUT2D eigenvalue weighted by molar-refractivity contribution is 8.04. The number of benzene rings is 3. The zero-order valence-corrected chi connectivity index (χ0v) is 17.2. The summed E-state index contributed by atoms with van der Waals surface area (Å²) in [5, 5.41) is 12.4. The van der Waals surface area contributed by atoms with Crippen LogP contribution >= 0.6 is 11.8 Å². The van der Waals surface area contributed by atoms with Gasteiger partial charge in [0.05, 0.1) is 10.6 Å². The number of allylic oxidation sites excluding steroid dienone is 1. The van der Waals surface area contributed by atoms with Crippen LogP contribution in [-0.2, 0) is 15.6 Å². The first-order chi connectivity index (χ1) is 14.4. The van der Waals surface area contributed by atoms with Gasteiger partial charge in [0, 0.05) is 5.75 Å². The lowest BCUT2D eigenvalue weighted by Crippen LogP contribution is -2.11. The molecule has 4 nitrogen and oxygen atoms in total. The van der Waals surface area contributed by atoms with E-state index in [0.717, 1.165) is 11.8 Å². The monoisotopic (exact) mass is 442 g/mol. The van der Waals surface area contributed by atoms with E-state index >= 15 is 0 Å². The van der Waals surface area contributed by atoms with Crippen LogP contribution in [0.15, 0.2) is 93.7 Å². The van der Waals surface area contributed by atoms with E-state index in [1.54, 1.807) is 42.5 Å². The second-order valence-electron chi connectivity index (χ2n) is 6.11. The van der Waals surface area contributed by atoms with Crippen molar-refractivity contribution in [2.45, 2.75) is 10.6 Å². The number of nitrogens with one attached hydrogen (secondary N) is 1. The van der Waals surface area contributed by atoms with Crippen molar-refractivity contribution in [1.29, 1.82) is 5.26 Å². The van der Waals surface area contributed by atoms with Crippen molar-refractivity contribution in [1.82, 2.24) is 0 Å². The number of para-hydroxylation sites is 1. The Balaban J connectivity index is 2.04. The Morgan fingerprint density at radius 3 is 2.20 bits per heavy atom. The van der Waals surface area contributed by atoms with Crippen molar-refractivity contribution >= 4 is 27.3 Å². The maximum absolute atomic E-state index is 14.2. The van der Waals surface area contributed by atoms with Crippen LogP contribution in [0.3, 0.4) is 0 Å². The predicted molar refractivity (Wildman–Crippen MR) is 114 cm³/mol. The molecule has 8 heteroatoms. The third kappa shape index (κ3) is 5.06. The van der Waals surface area contributed by atoms with Gasteiger partial charge in [0.25, 0.3) is 0 Å². The molecule has 0 saturated heterocycles. The highest BCUT2D eigenvalue weighted by Gasteiger charge is 2.26. The number of nitrogens with zero attached hydrogens (tertiary/aromatic N) is 1. The number of rotatable bonds is 7. The molecule has 0 aromatic heterocycles. The van der Waals surface area contributed by atoms with E-state index in [4.69, 9.17) is 0 Å². The van der Waals surface area contributed by atoms with E-state index in [2.05, 4.69) is 5.32 Å². The van der Waals surface area contributed by atoms with E-state index in [1.807, 2.05) is 0 Å². The van der Waals surface area contributed by atoms with Gasteiger partial charge in [-0.1, -0.05) is 42.5 Å². The molecule has 0 bridgehead atoms. The molecular weight excluding hydrogens is 426 g/mol. The number of halogens is 2. The summed E-state index contributed by atoms with van der Waals surface area (Å²) in [4.78, 5) is -0.569. The van der Waals surface area contributed by atoms with E-state index in [9.17, 15) is 22.5 Å². The SMILES string of the molecule is N#CC(=C(Nc1ccccc1F)SCc1ccc(F)cc1)S(=O)(=O)c1ccccc1. The molecule has 30 heavy (non-hydrogen) atoms. The van der Waals surface area contributed by atoms with Crippen LogP contribution in [0.4, 0.5) is 14.5 Å². The fraction of sp³-hybridized carbons (Fsp3) is 0.0455. The lowest BCUT2D eigenvalue weighted by molar-refractivity contribution is 0.603. The molecule has 0 radical (unpaired) electrons. The van der Waals surface area contributed by atoms with Crippen LogP contribution < -0.4 is 5.32 Å². The van der Waals surface area contributed by atoms with Gasteiger partial charge in [-0.15, -0.1) is 11.8 Å². The van der Waals surface area contributed by atoms with Crippen molar-refractivity contribution in [2.24, 2.45) is 0 Å². The van der Waals surface area contributed by atoms with Crippen molar-refractivity contribution in [3.63, 3.8) is 0 Å². The normalized spacial score (nSPS) is 12.0. The molecule has 3 aromatic carbocycles. The second-order valence-corrected chi connectivity index (χ2v) is 8.98. The molecule has 0 atom stereocenters. The smallest absolute Gasteiger partial charge is 0.219 e. The van der Waals surface area contributed by atoms with E-state index in [0.29, 0.717) is 5.56 Å². The van der Waals surface area contributed by atoms with Crippen LogP contribution in [0.1, 0.15) is 5.56 Å². The van der Waals surface area contributed by atoms with Crippen molar-refractivity contribution in [3.05, 3.63) is 106 Å². The molecule has 3 aromatic rings. The average molecular weight is 443 g/mol. The van der Waals surface area contributed by atoms with E-state index in [-0.39, 0.29) is 21.4 Å². The largest absolute Gasteiger partial charge is 0.346 e. The minimum Gasteiger partial charge on any atom is -0.346 e. The molecule has 3 rings (SSSR count). The number of hydrogen-bond acceptors (Lipinski definition) is 5. The summed E-state index contributed by atoms with van der Waals surface area (Å²) in [7, 11) is -4.14. The fourth-order valence-electron chi connectivity index (χ4n) is 2.53. The first-order valence-corrected chi connectivity index (χ1v) is 11.2. The molecule has 0 spiro atoms. The first-order valence-electron chi connectivity index (χ1n) is 8.75. The number of hydrogen-bond donors (Lipinski definition) is 1. The summed E-state index contributed by atoms with van der Waals surface area (Å²) in [6.45, 7) is 0. The van der Waals surface area contributed by atoms with Crippen LogP contribution in [0.2, 0.25) is 0 Å². The lowest BCUT2D eigenvalue weighted by atomic mass is 10.2. The van der Waals surface area contributed by atoms with Gasteiger partial charge in [-0.05, 0) is 42.0 Å². The Hall–Kier alpha value is -3.15. The first kappa shape index (κ1) is 21.6. The lowest BCUT2D eigenvalue weighted by Gasteiger charge is -2.14. The van der Waals surface area contributed by atoms with Gasteiger partial charge in [-0.3, -0.25) is 0 Å². The molecule has 0 aliphatic carbocycles. The van der Waals surface area contributed by atoms with Gasteiger partial charge in [0.15, 0.2) is 4.91 Å². The van der Waals surface area contributed by atoms with Crippen LogP contribution in [0.25, 0.3) is 0 Å². The molecule has 0 aliphatic heterocycles. The van der Waals surface area contributed by atoms with Crippen molar-refractivity contribution in [2.75, 3.05) is 5.32 Å². The number of nitriles is 1. The minimum atomic E-state index is -4.14. The zero-order chi connectivity index (χ0) is 21.6. The standard InChI is InChI=1S/C22H16F2N2O2S2/c23-17-12-10-16(11-13-17)15-29-22(26-20-9-5-4-8-19(20)24)21(14-25)30(27,28)18-6-2-1-3-7-18/h1-13,26H,15H2. The maximum atomic E-state index is 14.2. The van der Waals surface area contributed by atoms with Gasteiger partial charge in [-0.25, -0.2) is 17.2 Å². The fourth-order valence-corrected chi connectivity index (χ4v) is 5.06. The Labute approximate surface area is 177 Å². The molecule has 0 amide bonds. The highest BCUT2D eigenvalue weighted by atomic mass is 32.2. The highest BCUT2D eigenvalue weighted by Crippen LogP contribution is 2.32. The quantitative estimate of drug-likeness (QED) is 0.491. The topological polar surface area (TPSA) is 70.0 Å². The number of thioether (sulfide) groups is 1. The van der Waals surface area contributed by atoms with Crippen LogP contribution in [0, 0.1) is 23.0 Å². The van der Waals surface area contributed by atoms with Crippen molar-refractivity contribution in [3.8, 4) is 6.07 Å². The minimum absolute atomic E-state index is 0.0178. The van der Waals surface area contributed by atoms with Gasteiger partial charge in [0.2, 0.25) is 9.84 Å². The summed E-state index contributed by atoms with van der Waals surface area (Å²) in [5.41, 5.74) is 0.749. The van der Waals surface area contributed by atoms with E-state index < -0.39 is 26.4 Å². The molecule has 0 fully saturated rings. The molecule has 0 aliphatic rings. The Morgan fingerprint density at radius 2 is 1.57 bits per heavy atom. The third-order valence-corrected chi connectivity index (χ3v) is 6.98. The predicted octanol–water partition coefficient (Wildman–Crippen LogP) is 5.48. The number of anilines is 1. The molecule has 0 saturated carbocycles. The molecule has 1 N–H and O–H groups in total. The molecule has 0 heterocycles. The van der Waals surface area contributed by atoms with Gasteiger partial charge in [0.1, 0.15) is 22.7 Å². The summed E-state index contributed by atoms with van der Waals surface area (Å²) in [6.07, 6.45) is 0. The van der Waals surface area contributed by atoms with E-state index in [1.165, 1.54) is 42.5 Å². The van der Waals surface area contributed by atoms with Gasteiger partial charge < -0.3 is 5.32 Å². The summed E-state index contributed by atoms with van der Waals surface area (Å²) >= 11 is 1.02. The Bertz CT molecular complexity index is 1200. The van der Waals surface area contributed by atoms with Crippen LogP contribution in [-0.4, -0.2) is 8.42 Å². The molecular formula is C22H16F2N2O2S2. The summed E-state index contributed by atoms with van der Waals surface area (Å²) in [6, 6.07) is 20.7. The molecule has 152 valence electrons. The summed E-state index contributed by atoms with van der Waals surface area (Å²) in [5.74, 6) is -0.743. The third-order valence-electron chi connectivity index (χ3n) is 4.05. The van der Waals surface area contributed by atoms with Crippen molar-refractivity contribution < 1.29 is 17.2 Å². The maximum Gasteiger partial charge on any atom is 0.219 e.